The molecule has 0 aromatic heterocycles. The average molecular weight is 224 g/mol. The molecule has 15 heavy (non-hydrogen) atoms. The van der Waals surface area contributed by atoms with Gasteiger partial charge in [0.2, 0.25) is 0 Å². The van der Waals surface area contributed by atoms with E-state index < -0.39 is 11.5 Å². The van der Waals surface area contributed by atoms with Crippen LogP contribution in [0.25, 0.3) is 0 Å². The summed E-state index contributed by atoms with van der Waals surface area (Å²) in [5.41, 5.74) is 1.03. The van der Waals surface area contributed by atoms with Crippen molar-refractivity contribution in [1.82, 2.24) is 0 Å². The number of rotatable bonds is 3. The highest BCUT2D eigenvalue weighted by Crippen LogP contribution is 2.21. The number of aliphatic hydroxyl groups excluding tert-OH is 1. The highest BCUT2D eigenvalue weighted by Gasteiger charge is 2.22. The Morgan fingerprint density at radius 3 is 2.40 bits per heavy atom. The fourth-order valence-corrected chi connectivity index (χ4v) is 1.29. The van der Waals surface area contributed by atoms with Crippen molar-refractivity contribution < 1.29 is 9.90 Å². The van der Waals surface area contributed by atoms with Crippen LogP contribution in [-0.2, 0) is 4.79 Å². The van der Waals surface area contributed by atoms with Crippen LogP contribution in [0.2, 0.25) is 0 Å². The fraction of sp³-hybridized carbons (Fsp3) is 0.273. The van der Waals surface area contributed by atoms with Crippen molar-refractivity contribution in [3.63, 3.8) is 0 Å². The van der Waals surface area contributed by atoms with Gasteiger partial charge in [-0.15, -0.1) is 11.6 Å². The first kappa shape index (κ1) is 11.7. The predicted molar refractivity (Wildman–Crippen MR) is 56.4 cm³/mol. The second kappa shape index (κ2) is 4.92. The number of Topliss-reactive ketones (excluding diaryl/α,β-unsaturated/α-hetero) is 1. The highest BCUT2D eigenvalue weighted by molar-refractivity contribution is 6.31. The average Bonchev–Trinajstić information content (AvgIpc) is 2.27. The Kier molecular flexibility index (Phi) is 3.84. The van der Waals surface area contributed by atoms with Gasteiger partial charge in [-0.05, 0) is 24.6 Å². The maximum atomic E-state index is 10.9. The molecule has 0 saturated carbocycles. The number of hydrogen-bond donors (Lipinski definition) is 1. The largest absolute Gasteiger partial charge is 0.386 e. The van der Waals surface area contributed by atoms with Crippen molar-refractivity contribution >= 4 is 17.4 Å². The molecule has 78 valence electrons. The van der Waals surface area contributed by atoms with Gasteiger partial charge in [-0.25, -0.2) is 0 Å². The molecule has 0 heterocycles. The van der Waals surface area contributed by atoms with Gasteiger partial charge in [0.05, 0.1) is 11.6 Å². The Hall–Kier alpha value is -1.37. The second-order valence-corrected chi connectivity index (χ2v) is 3.66. The third kappa shape index (κ3) is 2.79. The highest BCUT2D eigenvalue weighted by atomic mass is 35.5. The summed E-state index contributed by atoms with van der Waals surface area (Å²) in [6.45, 7) is 1.32. The molecule has 1 aromatic carbocycles. The topological polar surface area (TPSA) is 61.1 Å². The quantitative estimate of drug-likeness (QED) is 0.795. The third-order valence-electron chi connectivity index (χ3n) is 2.05. The normalized spacial score (nSPS) is 14.0. The van der Waals surface area contributed by atoms with Crippen molar-refractivity contribution in [3.8, 4) is 6.07 Å². The first-order chi connectivity index (χ1) is 7.06. The van der Waals surface area contributed by atoms with Crippen LogP contribution in [0.15, 0.2) is 24.3 Å². The first-order valence-electron chi connectivity index (χ1n) is 4.39. The molecule has 2 atom stereocenters. The standard InChI is InChI=1S/C11H10ClNO2/c1-7(14)10(12)11(15)9-4-2-8(6-13)3-5-9/h2-5,10-11,15H,1H3/t10-,11-/m0/s1. The molecule has 0 radical (unpaired) electrons. The van der Waals surface area contributed by atoms with E-state index in [4.69, 9.17) is 16.9 Å². The van der Waals surface area contributed by atoms with Crippen molar-refractivity contribution in [2.75, 3.05) is 0 Å². The molecular weight excluding hydrogens is 214 g/mol. The Bertz CT molecular complexity index is 394. The van der Waals surface area contributed by atoms with Crippen molar-refractivity contribution in [2.24, 2.45) is 0 Å². The molecule has 3 nitrogen and oxygen atoms in total. The smallest absolute Gasteiger partial charge is 0.150 e. The van der Waals surface area contributed by atoms with Crippen molar-refractivity contribution in [3.05, 3.63) is 35.4 Å². The fourth-order valence-electron chi connectivity index (χ4n) is 1.15. The molecule has 1 rings (SSSR count). The number of ketones is 1. The van der Waals surface area contributed by atoms with E-state index in [1.807, 2.05) is 6.07 Å². The van der Waals surface area contributed by atoms with Crippen LogP contribution in [0.1, 0.15) is 24.2 Å². The van der Waals surface area contributed by atoms with Gasteiger partial charge in [-0.2, -0.15) is 5.26 Å². The lowest BCUT2D eigenvalue weighted by molar-refractivity contribution is -0.118. The minimum absolute atomic E-state index is 0.284. The number of alkyl halides is 1. The zero-order valence-corrected chi connectivity index (χ0v) is 8.90. The summed E-state index contributed by atoms with van der Waals surface area (Å²) in [6.07, 6.45) is -1.03. The van der Waals surface area contributed by atoms with E-state index in [-0.39, 0.29) is 5.78 Å². The summed E-state index contributed by atoms with van der Waals surface area (Å²) in [7, 11) is 0. The number of carbonyl (C=O) groups excluding carboxylic acids is 1. The maximum Gasteiger partial charge on any atom is 0.150 e. The Labute approximate surface area is 92.9 Å². The number of hydrogen-bond acceptors (Lipinski definition) is 3. The van der Waals surface area contributed by atoms with Gasteiger partial charge in [0.25, 0.3) is 0 Å². The lowest BCUT2D eigenvalue weighted by Crippen LogP contribution is -2.20. The number of benzene rings is 1. The minimum Gasteiger partial charge on any atom is -0.386 e. The van der Waals surface area contributed by atoms with Gasteiger partial charge in [0.15, 0.2) is 5.78 Å². The van der Waals surface area contributed by atoms with Gasteiger partial charge < -0.3 is 5.11 Å². The molecule has 0 fully saturated rings. The summed E-state index contributed by atoms with van der Waals surface area (Å²) in [4.78, 5) is 10.9. The lowest BCUT2D eigenvalue weighted by Gasteiger charge is -2.14. The van der Waals surface area contributed by atoms with Crippen LogP contribution in [0.3, 0.4) is 0 Å². The number of nitriles is 1. The number of carbonyl (C=O) groups is 1. The second-order valence-electron chi connectivity index (χ2n) is 3.19. The van der Waals surface area contributed by atoms with Crippen molar-refractivity contribution in [1.29, 1.82) is 5.26 Å². The van der Waals surface area contributed by atoms with Gasteiger partial charge >= 0.3 is 0 Å². The number of nitrogens with zero attached hydrogens (tertiary/aromatic N) is 1. The summed E-state index contributed by atoms with van der Waals surface area (Å²) >= 11 is 5.71. The SMILES string of the molecule is CC(=O)[C@H](Cl)[C@@H](O)c1ccc(C#N)cc1. The summed E-state index contributed by atoms with van der Waals surface area (Å²) < 4.78 is 0. The maximum absolute atomic E-state index is 10.9. The summed E-state index contributed by atoms with van der Waals surface area (Å²) in [5, 5.41) is 17.3. The molecule has 1 N–H and O–H groups in total. The number of halogens is 1. The monoisotopic (exact) mass is 223 g/mol. The predicted octanol–water partition coefficient (Wildman–Crippen LogP) is 1.79. The van der Waals surface area contributed by atoms with E-state index in [2.05, 4.69) is 0 Å². The van der Waals surface area contributed by atoms with Crippen LogP contribution in [-0.4, -0.2) is 16.3 Å². The molecule has 0 aliphatic carbocycles. The van der Waals surface area contributed by atoms with Gasteiger partial charge in [-0.3, -0.25) is 4.79 Å². The molecule has 0 amide bonds. The molecule has 1 aromatic rings. The molecule has 0 aliphatic heterocycles. The van der Waals surface area contributed by atoms with E-state index >= 15 is 0 Å². The third-order valence-corrected chi connectivity index (χ3v) is 2.59. The van der Waals surface area contributed by atoms with Crippen molar-refractivity contribution in [2.45, 2.75) is 18.4 Å². The Morgan fingerprint density at radius 2 is 2.00 bits per heavy atom. The molecular formula is C11H10ClNO2. The van der Waals surface area contributed by atoms with Crippen LogP contribution in [0, 0.1) is 11.3 Å². The zero-order valence-electron chi connectivity index (χ0n) is 8.14. The summed E-state index contributed by atoms with van der Waals surface area (Å²) in [5.74, 6) is -0.284. The molecule has 0 aliphatic rings. The molecule has 0 bridgehead atoms. The van der Waals surface area contributed by atoms with Crippen LogP contribution >= 0.6 is 11.6 Å². The molecule has 4 heteroatoms. The van der Waals surface area contributed by atoms with Gasteiger partial charge in [-0.1, -0.05) is 12.1 Å². The first-order valence-corrected chi connectivity index (χ1v) is 4.82. The van der Waals surface area contributed by atoms with Gasteiger partial charge in [0.1, 0.15) is 11.5 Å². The zero-order chi connectivity index (χ0) is 11.4. The van der Waals surface area contributed by atoms with E-state index in [0.717, 1.165) is 0 Å². The van der Waals surface area contributed by atoms with Gasteiger partial charge in [0, 0.05) is 0 Å². The van der Waals surface area contributed by atoms with E-state index in [1.165, 1.54) is 6.92 Å². The van der Waals surface area contributed by atoms with Crippen LogP contribution in [0.4, 0.5) is 0 Å². The van der Waals surface area contributed by atoms with E-state index in [1.54, 1.807) is 24.3 Å². The summed E-state index contributed by atoms with van der Waals surface area (Å²) in [6, 6.07) is 8.28. The van der Waals surface area contributed by atoms with Crippen LogP contribution in [0.5, 0.6) is 0 Å². The molecule has 0 unspecified atom stereocenters. The number of aliphatic hydroxyl groups is 1. The molecule has 0 spiro atoms. The minimum atomic E-state index is -1.03. The Balaban J connectivity index is 2.88. The molecule has 0 saturated heterocycles. The van der Waals surface area contributed by atoms with E-state index in [9.17, 15) is 9.90 Å². The van der Waals surface area contributed by atoms with Crippen LogP contribution < -0.4 is 0 Å². The van der Waals surface area contributed by atoms with E-state index in [0.29, 0.717) is 11.1 Å². The Morgan fingerprint density at radius 1 is 1.47 bits per heavy atom. The lowest BCUT2D eigenvalue weighted by atomic mass is 10.0.